The molecule has 0 aromatic heterocycles. The summed E-state index contributed by atoms with van der Waals surface area (Å²) in [5.74, 6) is -5.56. The van der Waals surface area contributed by atoms with Gasteiger partial charge in [0.15, 0.2) is 11.6 Å². The number of carbonyl (C=O) groups is 1. The van der Waals surface area contributed by atoms with E-state index in [2.05, 4.69) is 5.32 Å². The fourth-order valence-electron chi connectivity index (χ4n) is 3.00. The molecule has 2 atom stereocenters. The highest BCUT2D eigenvalue weighted by molar-refractivity contribution is 5.88. The average molecular weight is 440 g/mol. The Morgan fingerprint density at radius 2 is 1.71 bits per heavy atom. The van der Waals surface area contributed by atoms with Crippen LogP contribution in [0.2, 0.25) is 0 Å². The van der Waals surface area contributed by atoms with Crippen molar-refractivity contribution in [2.24, 2.45) is 5.92 Å². The summed E-state index contributed by atoms with van der Waals surface area (Å²) in [5.41, 5.74) is 1.13. The first kappa shape index (κ1) is 24.2. The number of hydrogen-bond acceptors (Lipinski definition) is 5. The second-order valence-electron chi connectivity index (χ2n) is 7.04. The van der Waals surface area contributed by atoms with Crippen molar-refractivity contribution in [3.63, 3.8) is 0 Å². The molecule has 0 saturated heterocycles. The van der Waals surface area contributed by atoms with E-state index < -0.39 is 45.6 Å². The van der Waals surface area contributed by atoms with Crippen molar-refractivity contribution in [2.75, 3.05) is 5.43 Å². The summed E-state index contributed by atoms with van der Waals surface area (Å²) >= 11 is 0. The van der Waals surface area contributed by atoms with Gasteiger partial charge in [0.05, 0.1) is 16.5 Å². The van der Waals surface area contributed by atoms with Crippen LogP contribution in [0.1, 0.15) is 49.2 Å². The third kappa shape index (κ3) is 5.54. The van der Waals surface area contributed by atoms with Crippen molar-refractivity contribution in [1.82, 2.24) is 5.32 Å². The van der Waals surface area contributed by atoms with Crippen LogP contribution in [0.25, 0.3) is 0 Å². The van der Waals surface area contributed by atoms with Crippen molar-refractivity contribution in [2.45, 2.75) is 33.2 Å². The van der Waals surface area contributed by atoms with E-state index in [4.69, 9.17) is 5.11 Å². The molecule has 2 rings (SSSR count). The van der Waals surface area contributed by atoms with E-state index >= 15 is 0 Å². The molecular weight excluding hydrogens is 415 g/mol. The molecule has 0 heterocycles. The van der Waals surface area contributed by atoms with E-state index in [0.29, 0.717) is 12.0 Å². The molecule has 0 bridgehead atoms. The van der Waals surface area contributed by atoms with Crippen LogP contribution in [0.3, 0.4) is 0 Å². The molecule has 0 spiro atoms. The second-order valence-corrected chi connectivity index (χ2v) is 7.04. The van der Waals surface area contributed by atoms with Gasteiger partial charge in [-0.3, -0.25) is 0 Å². The third-order valence-electron chi connectivity index (χ3n) is 4.94. The minimum Gasteiger partial charge on any atom is -0.478 e. The Balaban J connectivity index is 2.34. The summed E-state index contributed by atoms with van der Waals surface area (Å²) in [4.78, 5) is 8.85. The molecule has 168 valence electrons. The Labute approximate surface area is 177 Å². The van der Waals surface area contributed by atoms with Gasteiger partial charge in [-0.1, -0.05) is 32.4 Å². The van der Waals surface area contributed by atoms with E-state index in [1.807, 2.05) is 19.3 Å². The van der Waals surface area contributed by atoms with Gasteiger partial charge in [0, 0.05) is 6.08 Å². The SMILES string of the molecule is C/C=C(\NC(c1ccc(F)cc1)C(C)CC)[N+](O)(O)Nc1ccc(C(=O)O)c(F)c1F. The Morgan fingerprint density at radius 3 is 2.23 bits per heavy atom. The summed E-state index contributed by atoms with van der Waals surface area (Å²) in [6.07, 6.45) is 2.01. The minimum atomic E-state index is -2.08. The quantitative estimate of drug-likeness (QED) is 0.279. The van der Waals surface area contributed by atoms with Gasteiger partial charge < -0.3 is 10.4 Å². The molecular formula is C21H25F3N3O4+. The molecule has 0 aliphatic heterocycles. The van der Waals surface area contributed by atoms with E-state index in [-0.39, 0.29) is 11.7 Å². The zero-order valence-electron chi connectivity index (χ0n) is 17.2. The van der Waals surface area contributed by atoms with E-state index in [1.165, 1.54) is 25.1 Å². The maximum Gasteiger partial charge on any atom is 0.338 e. The molecule has 5 N–H and O–H groups in total. The maximum absolute atomic E-state index is 14.3. The number of quaternary nitrogens is 1. The van der Waals surface area contributed by atoms with E-state index in [0.717, 1.165) is 12.1 Å². The highest BCUT2D eigenvalue weighted by atomic mass is 19.2. The first-order chi connectivity index (χ1) is 14.5. The van der Waals surface area contributed by atoms with Gasteiger partial charge in [0.1, 0.15) is 11.5 Å². The summed E-state index contributed by atoms with van der Waals surface area (Å²) in [6, 6.07) is 6.88. The first-order valence-electron chi connectivity index (χ1n) is 9.54. The lowest BCUT2D eigenvalue weighted by Gasteiger charge is -2.30. The van der Waals surface area contributed by atoms with Crippen molar-refractivity contribution >= 4 is 11.7 Å². The van der Waals surface area contributed by atoms with Gasteiger partial charge in [-0.15, -0.1) is 10.4 Å². The molecule has 0 aliphatic carbocycles. The summed E-state index contributed by atoms with van der Waals surface area (Å²) in [7, 11) is 0. The monoisotopic (exact) mass is 440 g/mol. The number of halogens is 3. The lowest BCUT2D eigenvalue weighted by molar-refractivity contribution is -1.21. The number of anilines is 1. The first-order valence-corrected chi connectivity index (χ1v) is 9.54. The van der Waals surface area contributed by atoms with Gasteiger partial charge in [-0.2, -0.15) is 5.43 Å². The Hall–Kier alpha value is -3.08. The number of hydrogen-bond donors (Lipinski definition) is 5. The highest BCUT2D eigenvalue weighted by Crippen LogP contribution is 2.28. The number of nitrogens with zero attached hydrogens (tertiary/aromatic N) is 1. The molecule has 2 aromatic rings. The molecule has 0 fully saturated rings. The molecule has 0 radical (unpaired) electrons. The molecule has 2 aromatic carbocycles. The average Bonchev–Trinajstić information content (AvgIpc) is 2.72. The van der Waals surface area contributed by atoms with Crippen molar-refractivity contribution in [3.05, 3.63) is 76.9 Å². The molecule has 2 unspecified atom stereocenters. The zero-order chi connectivity index (χ0) is 23.3. The maximum atomic E-state index is 14.3. The van der Waals surface area contributed by atoms with Crippen molar-refractivity contribution in [3.8, 4) is 0 Å². The van der Waals surface area contributed by atoms with Crippen LogP contribution in [0.15, 0.2) is 48.3 Å². The largest absolute Gasteiger partial charge is 0.478 e. The van der Waals surface area contributed by atoms with E-state index in [1.54, 1.807) is 12.1 Å². The fraction of sp³-hybridized carbons (Fsp3) is 0.286. The van der Waals surface area contributed by atoms with Crippen LogP contribution in [0.5, 0.6) is 0 Å². The number of rotatable bonds is 9. The molecule has 0 aliphatic rings. The van der Waals surface area contributed by atoms with E-state index in [9.17, 15) is 28.4 Å². The van der Waals surface area contributed by atoms with Crippen molar-refractivity contribution < 1.29 is 38.4 Å². The smallest absolute Gasteiger partial charge is 0.338 e. The third-order valence-corrected chi connectivity index (χ3v) is 4.94. The minimum absolute atomic E-state index is 0.0237. The summed E-state index contributed by atoms with van der Waals surface area (Å²) < 4.78 is 41.5. The van der Waals surface area contributed by atoms with Gasteiger partial charge in [-0.05, 0) is 42.7 Å². The van der Waals surface area contributed by atoms with Crippen molar-refractivity contribution in [1.29, 1.82) is 0 Å². The lowest BCUT2D eigenvalue weighted by atomic mass is 9.92. The van der Waals surface area contributed by atoms with Gasteiger partial charge in [0.2, 0.25) is 0 Å². The Kier molecular flexibility index (Phi) is 7.66. The number of hydroxylamine groups is 2. The predicted octanol–water partition coefficient (Wildman–Crippen LogP) is 4.96. The number of carboxylic acids is 1. The van der Waals surface area contributed by atoms with Crippen LogP contribution in [-0.4, -0.2) is 26.4 Å². The molecule has 10 heteroatoms. The molecule has 0 amide bonds. The van der Waals surface area contributed by atoms with Gasteiger partial charge >= 0.3 is 5.97 Å². The molecule has 7 nitrogen and oxygen atoms in total. The summed E-state index contributed by atoms with van der Waals surface area (Å²) in [6.45, 7) is 5.33. The normalized spacial score (nSPS) is 14.1. The van der Waals surface area contributed by atoms with Crippen LogP contribution in [0, 0.1) is 23.4 Å². The van der Waals surface area contributed by atoms with Gasteiger partial charge in [-0.25, -0.2) is 18.0 Å². The zero-order valence-corrected chi connectivity index (χ0v) is 17.2. The number of nitrogens with one attached hydrogen (secondary N) is 2. The fourth-order valence-corrected chi connectivity index (χ4v) is 3.00. The molecule has 0 saturated carbocycles. The topological polar surface area (TPSA) is 102 Å². The summed E-state index contributed by atoms with van der Waals surface area (Å²) in [5, 5.41) is 32.8. The number of benzene rings is 2. The highest BCUT2D eigenvalue weighted by Gasteiger charge is 2.35. The molecule has 31 heavy (non-hydrogen) atoms. The van der Waals surface area contributed by atoms with Gasteiger partial charge in [0.25, 0.3) is 5.82 Å². The second kappa shape index (κ2) is 9.82. The van der Waals surface area contributed by atoms with Crippen LogP contribution >= 0.6 is 0 Å². The van der Waals surface area contributed by atoms with Crippen LogP contribution in [-0.2, 0) is 0 Å². The predicted molar refractivity (Wildman–Crippen MR) is 106 cm³/mol. The number of aromatic carboxylic acids is 1. The Morgan fingerprint density at radius 1 is 1.10 bits per heavy atom. The standard InChI is InChI=1S/C21H24F3N3O4/c1-4-12(3)20(13-6-8-14(22)9-7-13)25-17(5-2)27(30,31)26-16-11-10-15(21(28)29)18(23)19(16)24/h5-12,20,25-26,30-31H,4H2,1-3H3/p+1/b17-5+. The van der Waals surface area contributed by atoms with Crippen LogP contribution < -0.4 is 10.7 Å². The van der Waals surface area contributed by atoms with Crippen LogP contribution in [0.4, 0.5) is 18.9 Å². The number of carboxylic acid groups (broad SMARTS) is 1. The Bertz CT molecular complexity index is 965. The number of allylic oxidation sites excluding steroid dienone is 1. The lowest BCUT2D eigenvalue weighted by Crippen LogP contribution is -2.51.